The molecule has 0 saturated heterocycles. The van der Waals surface area contributed by atoms with E-state index in [1.807, 2.05) is 30.7 Å². The number of nitriles is 1. The maximum absolute atomic E-state index is 14.6. The lowest BCUT2D eigenvalue weighted by atomic mass is 9.34. The Balaban J connectivity index is 1.50. The number of fused-ring (bicyclic) bond motifs is 7. The minimum Gasteiger partial charge on any atom is -0.295 e. The van der Waals surface area contributed by atoms with E-state index >= 15 is 0 Å². The second-order valence-corrected chi connectivity index (χ2v) is 15.6. The van der Waals surface area contributed by atoms with Gasteiger partial charge in [-0.1, -0.05) is 60.1 Å². The molecule has 0 aliphatic heterocycles. The van der Waals surface area contributed by atoms with Gasteiger partial charge >= 0.3 is 0 Å². The topological polar surface area (TPSA) is 102 Å². The minimum atomic E-state index is -0.640. The van der Waals surface area contributed by atoms with E-state index in [-0.39, 0.29) is 56.6 Å². The zero-order chi connectivity index (χ0) is 28.2. The molecule has 39 heavy (non-hydrogen) atoms. The van der Waals surface area contributed by atoms with Crippen LogP contribution in [0.1, 0.15) is 93.4 Å². The third-order valence-corrected chi connectivity index (χ3v) is 12.9. The van der Waals surface area contributed by atoms with Crippen LogP contribution in [-0.2, 0) is 16.1 Å². The summed E-state index contributed by atoms with van der Waals surface area (Å²) < 4.78 is 1.88. The van der Waals surface area contributed by atoms with Gasteiger partial charge in [-0.15, -0.1) is 5.10 Å². The van der Waals surface area contributed by atoms with Crippen LogP contribution in [0.4, 0.5) is 0 Å². The maximum atomic E-state index is 14.6. The molecule has 6 rings (SSSR count). The molecule has 7 atom stereocenters. The third kappa shape index (κ3) is 3.36. The molecule has 7 nitrogen and oxygen atoms in total. The molecule has 1 aromatic heterocycles. The number of nitrogens with zero attached hydrogens (tertiary/aromatic N) is 5. The van der Waals surface area contributed by atoms with Crippen molar-refractivity contribution in [1.29, 1.82) is 5.26 Å². The van der Waals surface area contributed by atoms with Gasteiger partial charge < -0.3 is 0 Å². The molecule has 0 radical (unpaired) electrons. The molecule has 0 N–H and O–H groups in total. The van der Waals surface area contributed by atoms with Crippen LogP contribution in [0.2, 0.25) is 0 Å². The van der Waals surface area contributed by atoms with Gasteiger partial charge in [-0.2, -0.15) is 5.26 Å². The fourth-order valence-electron chi connectivity index (χ4n) is 10.6. The lowest BCUT2D eigenvalue weighted by Crippen LogP contribution is -2.65. The molecule has 1 heterocycles. The summed E-state index contributed by atoms with van der Waals surface area (Å²) in [6.07, 6.45) is 12.8. The van der Waals surface area contributed by atoms with Crippen molar-refractivity contribution in [3.63, 3.8) is 0 Å². The van der Waals surface area contributed by atoms with Gasteiger partial charge in [0.05, 0.1) is 12.1 Å². The number of Topliss-reactive ketones (excluding diaryl/α,β-unsaturated/α-hetero) is 1. The highest BCUT2D eigenvalue weighted by molar-refractivity contribution is 6.04. The number of rotatable bonds is 2. The van der Waals surface area contributed by atoms with Gasteiger partial charge in [-0.3, -0.25) is 9.59 Å². The Morgan fingerprint density at radius 3 is 2.41 bits per heavy atom. The highest BCUT2D eigenvalue weighted by atomic mass is 16.1. The average molecular weight is 530 g/mol. The van der Waals surface area contributed by atoms with Crippen molar-refractivity contribution >= 4 is 11.6 Å². The van der Waals surface area contributed by atoms with Gasteiger partial charge in [-0.25, -0.2) is 4.68 Å². The predicted octanol–water partition coefficient (Wildman–Crippen LogP) is 5.89. The van der Waals surface area contributed by atoms with Gasteiger partial charge in [0.2, 0.25) is 0 Å². The second kappa shape index (κ2) is 7.98. The Labute approximate surface area is 232 Å². The van der Waals surface area contributed by atoms with Crippen LogP contribution < -0.4 is 0 Å². The van der Waals surface area contributed by atoms with Gasteiger partial charge in [0.25, 0.3) is 0 Å². The maximum Gasteiger partial charge on any atom is 0.178 e. The summed E-state index contributed by atoms with van der Waals surface area (Å²) in [4.78, 5) is 27.8. The number of carbonyl (C=O) groups excluding carboxylic acids is 2. The summed E-state index contributed by atoms with van der Waals surface area (Å²) in [5.74, 6) is 0.452. The number of tetrazole rings is 1. The number of allylic oxidation sites excluding steroid dienone is 4. The van der Waals surface area contributed by atoms with Crippen molar-refractivity contribution in [3.8, 4) is 6.07 Å². The van der Waals surface area contributed by atoms with E-state index in [0.717, 1.165) is 57.1 Å². The highest BCUT2D eigenvalue weighted by Crippen LogP contribution is 2.74. The minimum absolute atomic E-state index is 0.000668. The van der Waals surface area contributed by atoms with Crippen LogP contribution in [0.5, 0.6) is 0 Å². The summed E-state index contributed by atoms with van der Waals surface area (Å²) in [5, 5.41) is 22.0. The van der Waals surface area contributed by atoms with Gasteiger partial charge in [0.1, 0.15) is 12.4 Å². The third-order valence-electron chi connectivity index (χ3n) is 12.9. The summed E-state index contributed by atoms with van der Waals surface area (Å²) in [7, 11) is 0. The molecule has 3 saturated carbocycles. The largest absolute Gasteiger partial charge is 0.295 e. The van der Waals surface area contributed by atoms with Crippen molar-refractivity contribution in [2.75, 3.05) is 0 Å². The van der Waals surface area contributed by atoms with Crippen LogP contribution in [-0.4, -0.2) is 31.8 Å². The normalized spacial score (nSPS) is 44.1. The standard InChI is InChI=1S/C32H43N5O2/c1-27(2)10-12-32(18-37-19-34-35-36-37)13-11-31(7)25(21(32)16-27)22(38)14-24-29(5)15-20(17-33)26(39)28(3,4)23(29)8-9-30(24,31)6/h14-15,19,21,23,25H,8-13,16,18H2,1-7H3/t21-,23-,25-,29-,30+,31+,32+/m0/s1. The quantitative estimate of drug-likeness (QED) is 0.473. The zero-order valence-corrected chi connectivity index (χ0v) is 24.7. The molecule has 1 aromatic rings. The Kier molecular flexibility index (Phi) is 5.44. The van der Waals surface area contributed by atoms with Crippen LogP contribution in [0, 0.1) is 61.6 Å². The molecular weight excluding hydrogens is 486 g/mol. The summed E-state index contributed by atoms with van der Waals surface area (Å²) in [6, 6.07) is 2.21. The van der Waals surface area contributed by atoms with E-state index in [0.29, 0.717) is 0 Å². The van der Waals surface area contributed by atoms with Crippen molar-refractivity contribution < 1.29 is 9.59 Å². The average Bonchev–Trinajstić information content (AvgIpc) is 3.36. The molecule has 0 spiro atoms. The van der Waals surface area contributed by atoms with Gasteiger partial charge in [0, 0.05) is 16.7 Å². The number of carbonyl (C=O) groups is 2. The number of hydrogen-bond donors (Lipinski definition) is 0. The van der Waals surface area contributed by atoms with Crippen LogP contribution in [0.15, 0.2) is 29.6 Å². The van der Waals surface area contributed by atoms with Crippen LogP contribution in [0.3, 0.4) is 0 Å². The molecule has 208 valence electrons. The Hall–Kier alpha value is -2.62. The van der Waals surface area contributed by atoms with Crippen LogP contribution in [0.25, 0.3) is 0 Å². The van der Waals surface area contributed by atoms with Gasteiger partial charge in [0.15, 0.2) is 11.6 Å². The van der Waals surface area contributed by atoms with Crippen LogP contribution >= 0.6 is 0 Å². The highest BCUT2D eigenvalue weighted by Gasteiger charge is 2.69. The first-order valence-corrected chi connectivity index (χ1v) is 14.8. The summed E-state index contributed by atoms with van der Waals surface area (Å²) in [5.41, 5.74) is 0.0716. The summed E-state index contributed by atoms with van der Waals surface area (Å²) >= 11 is 0. The molecule has 5 aliphatic rings. The number of aromatic nitrogens is 4. The molecule has 0 aromatic carbocycles. The number of hydrogen-bond acceptors (Lipinski definition) is 6. The lowest BCUT2D eigenvalue weighted by molar-refractivity contribution is -0.174. The van der Waals surface area contributed by atoms with Crippen molar-refractivity contribution in [1.82, 2.24) is 20.2 Å². The predicted molar refractivity (Wildman–Crippen MR) is 147 cm³/mol. The van der Waals surface area contributed by atoms with E-state index in [1.165, 1.54) is 0 Å². The van der Waals surface area contributed by atoms with E-state index in [9.17, 15) is 14.9 Å². The lowest BCUT2D eigenvalue weighted by Gasteiger charge is -2.69. The smallest absolute Gasteiger partial charge is 0.178 e. The molecule has 7 heteroatoms. The first kappa shape index (κ1) is 26.6. The molecule has 0 unspecified atom stereocenters. The zero-order valence-electron chi connectivity index (χ0n) is 24.7. The molecule has 0 amide bonds. The van der Waals surface area contributed by atoms with E-state index in [2.05, 4.69) is 56.2 Å². The SMILES string of the molecule is CC1(C)CC[C@]2(Cn3cnnn3)CC[C@]3(C)[C@H](C(=O)C=C4[C@@]5(C)C=C(C#N)C(=O)C(C)(C)[C@@H]5CC[C@]43C)[C@@H]2C1. The van der Waals surface area contributed by atoms with E-state index in [4.69, 9.17) is 0 Å². The number of ketones is 2. The molecule has 3 fully saturated rings. The Morgan fingerprint density at radius 1 is 1.03 bits per heavy atom. The fraction of sp³-hybridized carbons (Fsp3) is 0.750. The summed E-state index contributed by atoms with van der Waals surface area (Å²) in [6.45, 7) is 16.5. The van der Waals surface area contributed by atoms with Gasteiger partial charge in [-0.05, 0) is 94.9 Å². The molecular formula is C32H43N5O2. The first-order valence-electron chi connectivity index (χ1n) is 14.8. The Bertz CT molecular complexity index is 1350. The fourth-order valence-corrected chi connectivity index (χ4v) is 10.6. The molecule has 0 bridgehead atoms. The first-order chi connectivity index (χ1) is 18.1. The molecule has 5 aliphatic carbocycles. The van der Waals surface area contributed by atoms with Crippen molar-refractivity contribution in [2.45, 2.75) is 100.0 Å². The monoisotopic (exact) mass is 529 g/mol. The van der Waals surface area contributed by atoms with E-state index in [1.54, 1.807) is 6.33 Å². The van der Waals surface area contributed by atoms with Crippen molar-refractivity contribution in [3.05, 3.63) is 29.6 Å². The van der Waals surface area contributed by atoms with Crippen molar-refractivity contribution in [2.24, 2.45) is 50.2 Å². The second-order valence-electron chi connectivity index (χ2n) is 15.6. The van der Waals surface area contributed by atoms with E-state index < -0.39 is 10.8 Å². The Morgan fingerprint density at radius 2 is 1.74 bits per heavy atom.